The third-order valence-corrected chi connectivity index (χ3v) is 3.66. The van der Waals surface area contributed by atoms with Gasteiger partial charge in [0.2, 0.25) is 0 Å². The summed E-state index contributed by atoms with van der Waals surface area (Å²) in [6.45, 7) is -0.0243. The van der Waals surface area contributed by atoms with Crippen LogP contribution in [0.15, 0.2) is 39.6 Å². The average molecular weight is 316 g/mol. The Bertz CT molecular complexity index is 969. The van der Waals surface area contributed by atoms with Gasteiger partial charge in [-0.2, -0.15) is 0 Å². The minimum atomic E-state index is -0.542. The molecule has 0 amide bonds. The number of carbonyl (C=O) groups is 1. The van der Waals surface area contributed by atoms with Gasteiger partial charge in [-0.25, -0.2) is 9.18 Å². The van der Waals surface area contributed by atoms with Gasteiger partial charge in [0.05, 0.1) is 11.1 Å². The molecular formula is C16H13FN2O4. The fourth-order valence-corrected chi connectivity index (χ4v) is 2.43. The summed E-state index contributed by atoms with van der Waals surface area (Å²) < 4.78 is 20.9. The highest BCUT2D eigenvalue weighted by Gasteiger charge is 2.24. The van der Waals surface area contributed by atoms with Crippen molar-refractivity contribution in [2.75, 3.05) is 6.61 Å². The van der Waals surface area contributed by atoms with Gasteiger partial charge in [-0.3, -0.25) is 14.2 Å². The maximum absolute atomic E-state index is 13.3. The fourth-order valence-electron chi connectivity index (χ4n) is 2.43. The summed E-state index contributed by atoms with van der Waals surface area (Å²) in [5.41, 5.74) is -0.460. The number of aromatic nitrogens is 2. The molecule has 118 valence electrons. The van der Waals surface area contributed by atoms with E-state index in [1.54, 1.807) is 0 Å². The number of carbonyl (C=O) groups excluding carboxylic acids is 1. The standard InChI is InChI=1S/C16H13FN2O4/c1-18-7-9(15(21)19(2)16(18)22)5-10-8-23-13-4-3-11(17)6-12(13)14(10)20/h3-7H,8H2,1-2H3/b10-5-. The van der Waals surface area contributed by atoms with Crippen LogP contribution in [0, 0.1) is 5.82 Å². The van der Waals surface area contributed by atoms with Crippen molar-refractivity contribution < 1.29 is 13.9 Å². The van der Waals surface area contributed by atoms with E-state index >= 15 is 0 Å². The lowest BCUT2D eigenvalue weighted by molar-refractivity contribution is 0.1000. The number of hydrogen-bond acceptors (Lipinski definition) is 4. The molecule has 0 bridgehead atoms. The number of Topliss-reactive ketones (excluding diaryl/α,β-unsaturated/α-hetero) is 1. The van der Waals surface area contributed by atoms with Crippen molar-refractivity contribution in [2.24, 2.45) is 14.1 Å². The molecule has 3 rings (SSSR count). The van der Waals surface area contributed by atoms with E-state index in [2.05, 4.69) is 0 Å². The van der Waals surface area contributed by atoms with Crippen LogP contribution in [0.5, 0.6) is 5.75 Å². The van der Waals surface area contributed by atoms with E-state index in [0.717, 1.165) is 10.6 Å². The minimum absolute atomic E-state index is 0.0243. The molecule has 1 aromatic heterocycles. The van der Waals surface area contributed by atoms with Crippen LogP contribution in [-0.2, 0) is 14.1 Å². The van der Waals surface area contributed by atoms with E-state index in [1.807, 2.05) is 0 Å². The maximum Gasteiger partial charge on any atom is 0.330 e. The van der Waals surface area contributed by atoms with Crippen molar-refractivity contribution in [2.45, 2.75) is 0 Å². The second-order valence-corrected chi connectivity index (χ2v) is 5.27. The Kier molecular flexibility index (Phi) is 3.48. The van der Waals surface area contributed by atoms with Crippen LogP contribution in [0.3, 0.4) is 0 Å². The molecule has 0 N–H and O–H groups in total. The maximum atomic E-state index is 13.3. The van der Waals surface area contributed by atoms with Crippen molar-refractivity contribution in [3.8, 4) is 5.75 Å². The monoisotopic (exact) mass is 316 g/mol. The third-order valence-electron chi connectivity index (χ3n) is 3.66. The zero-order valence-electron chi connectivity index (χ0n) is 12.5. The third kappa shape index (κ3) is 2.50. The summed E-state index contributed by atoms with van der Waals surface area (Å²) >= 11 is 0. The van der Waals surface area contributed by atoms with Crippen LogP contribution >= 0.6 is 0 Å². The highest BCUT2D eigenvalue weighted by Crippen LogP contribution is 2.28. The molecule has 0 unspecified atom stereocenters. The lowest BCUT2D eigenvalue weighted by atomic mass is 9.99. The van der Waals surface area contributed by atoms with E-state index in [4.69, 9.17) is 4.74 Å². The predicted octanol–water partition coefficient (Wildman–Crippen LogP) is 0.882. The van der Waals surface area contributed by atoms with Crippen molar-refractivity contribution in [3.63, 3.8) is 0 Å². The highest BCUT2D eigenvalue weighted by molar-refractivity contribution is 6.14. The molecule has 23 heavy (non-hydrogen) atoms. The summed E-state index contributed by atoms with van der Waals surface area (Å²) in [4.78, 5) is 36.2. The van der Waals surface area contributed by atoms with Gasteiger partial charge in [-0.1, -0.05) is 0 Å². The van der Waals surface area contributed by atoms with Crippen LogP contribution < -0.4 is 16.0 Å². The summed E-state index contributed by atoms with van der Waals surface area (Å²) in [6, 6.07) is 3.71. The molecule has 1 aromatic carbocycles. The molecule has 7 heteroatoms. The van der Waals surface area contributed by atoms with Gasteiger partial charge in [0, 0.05) is 25.9 Å². The smallest absolute Gasteiger partial charge is 0.330 e. The quantitative estimate of drug-likeness (QED) is 0.732. The highest BCUT2D eigenvalue weighted by atomic mass is 19.1. The van der Waals surface area contributed by atoms with Gasteiger partial charge in [-0.05, 0) is 24.3 Å². The summed E-state index contributed by atoms with van der Waals surface area (Å²) in [6.07, 6.45) is 2.73. The average Bonchev–Trinajstić information content (AvgIpc) is 2.53. The molecule has 0 spiro atoms. The van der Waals surface area contributed by atoms with Crippen LogP contribution in [0.4, 0.5) is 4.39 Å². The van der Waals surface area contributed by atoms with Crippen LogP contribution in [0.1, 0.15) is 15.9 Å². The van der Waals surface area contributed by atoms with Crippen LogP contribution in [-0.4, -0.2) is 21.5 Å². The lowest BCUT2D eigenvalue weighted by Gasteiger charge is -2.18. The fraction of sp³-hybridized carbons (Fsp3) is 0.188. The summed E-state index contributed by atoms with van der Waals surface area (Å²) in [5.74, 6) is -0.636. The molecule has 2 aromatic rings. The number of nitrogens with zero attached hydrogens (tertiary/aromatic N) is 2. The van der Waals surface area contributed by atoms with E-state index in [1.165, 1.54) is 43.1 Å². The first-order valence-electron chi connectivity index (χ1n) is 6.83. The topological polar surface area (TPSA) is 70.3 Å². The zero-order valence-corrected chi connectivity index (χ0v) is 12.5. The Morgan fingerprint density at radius 2 is 1.96 bits per heavy atom. The van der Waals surface area contributed by atoms with Gasteiger partial charge >= 0.3 is 5.69 Å². The number of benzene rings is 1. The first-order chi connectivity index (χ1) is 10.9. The molecule has 0 atom stereocenters. The zero-order chi connectivity index (χ0) is 16.7. The number of halogens is 1. The van der Waals surface area contributed by atoms with Gasteiger partial charge in [0.25, 0.3) is 5.56 Å². The molecule has 2 heterocycles. The molecule has 0 fully saturated rings. The first kappa shape index (κ1) is 15.0. The van der Waals surface area contributed by atoms with E-state index in [0.29, 0.717) is 5.75 Å². The van der Waals surface area contributed by atoms with Crippen LogP contribution in [0.2, 0.25) is 0 Å². The first-order valence-corrected chi connectivity index (χ1v) is 6.83. The number of ketones is 1. The molecule has 6 nitrogen and oxygen atoms in total. The molecule has 0 saturated carbocycles. The van der Waals surface area contributed by atoms with Gasteiger partial charge in [0.15, 0.2) is 5.78 Å². The number of rotatable bonds is 1. The largest absolute Gasteiger partial charge is 0.488 e. The number of aryl methyl sites for hydroxylation is 1. The molecular weight excluding hydrogens is 303 g/mol. The van der Waals surface area contributed by atoms with Gasteiger partial charge in [0.1, 0.15) is 18.2 Å². The second-order valence-electron chi connectivity index (χ2n) is 5.27. The van der Waals surface area contributed by atoms with E-state index in [9.17, 15) is 18.8 Å². The van der Waals surface area contributed by atoms with E-state index in [-0.39, 0.29) is 23.3 Å². The Balaban J connectivity index is 2.11. The van der Waals surface area contributed by atoms with Crippen LogP contribution in [0.25, 0.3) is 6.08 Å². The Morgan fingerprint density at radius 1 is 1.22 bits per heavy atom. The minimum Gasteiger partial charge on any atom is -0.488 e. The molecule has 0 aliphatic carbocycles. The SMILES string of the molecule is Cn1cc(/C=C2/COc3ccc(F)cc3C2=O)c(=O)n(C)c1=O. The van der Waals surface area contributed by atoms with Crippen molar-refractivity contribution in [3.05, 3.63) is 67.8 Å². The number of ether oxygens (including phenoxy) is 1. The predicted molar refractivity (Wildman–Crippen MR) is 81.1 cm³/mol. The molecule has 0 radical (unpaired) electrons. The number of hydrogen-bond donors (Lipinski definition) is 0. The second kappa shape index (κ2) is 5.35. The van der Waals surface area contributed by atoms with E-state index < -0.39 is 22.8 Å². The normalized spacial score (nSPS) is 15.4. The Hall–Kier alpha value is -2.96. The van der Waals surface area contributed by atoms with Crippen molar-refractivity contribution >= 4 is 11.9 Å². The summed E-state index contributed by atoms with van der Waals surface area (Å²) in [7, 11) is 2.87. The van der Waals surface area contributed by atoms with Crippen molar-refractivity contribution in [1.82, 2.24) is 9.13 Å². The Labute approximate surface area is 130 Å². The number of fused-ring (bicyclic) bond motifs is 1. The molecule has 1 aliphatic rings. The van der Waals surface area contributed by atoms with Crippen molar-refractivity contribution in [1.29, 1.82) is 0 Å². The molecule has 0 saturated heterocycles. The van der Waals surface area contributed by atoms with Gasteiger partial charge < -0.3 is 9.30 Å². The Morgan fingerprint density at radius 3 is 2.70 bits per heavy atom. The lowest BCUT2D eigenvalue weighted by Crippen LogP contribution is -2.37. The van der Waals surface area contributed by atoms with Gasteiger partial charge in [-0.15, -0.1) is 0 Å². The summed E-state index contributed by atoms with van der Waals surface area (Å²) in [5, 5.41) is 0. The molecule has 1 aliphatic heterocycles.